The molecule has 1 rings (SSSR count). The average molecular weight is 205 g/mol. The summed E-state index contributed by atoms with van der Waals surface area (Å²) in [6.45, 7) is 1.55. The van der Waals surface area contributed by atoms with Crippen molar-refractivity contribution in [1.29, 1.82) is 0 Å². The van der Waals surface area contributed by atoms with Gasteiger partial charge in [0.15, 0.2) is 0 Å². The molecule has 1 unspecified atom stereocenters. The molecule has 0 radical (unpaired) electrons. The van der Waals surface area contributed by atoms with E-state index in [0.29, 0.717) is 17.6 Å². The molecule has 0 saturated carbocycles. The van der Waals surface area contributed by atoms with Gasteiger partial charge in [-0.05, 0) is 30.2 Å². The predicted molar refractivity (Wildman–Crippen MR) is 55.6 cm³/mol. The van der Waals surface area contributed by atoms with Gasteiger partial charge >= 0.3 is 0 Å². The maximum Gasteiger partial charge on any atom is 0.136 e. The first-order valence-electron chi connectivity index (χ1n) is 4.33. The summed E-state index contributed by atoms with van der Waals surface area (Å²) in [5, 5.41) is 3.48. The number of benzene rings is 1. The highest BCUT2D eigenvalue weighted by Gasteiger charge is 2.24. The number of aldehydes is 1. The second-order valence-electron chi connectivity index (χ2n) is 3.19. The fraction of sp³-hybridized carbons (Fsp3) is 0.300. The normalized spacial score (nSPS) is 13.5. The van der Waals surface area contributed by atoms with Gasteiger partial charge < -0.3 is 9.53 Å². The maximum absolute atomic E-state index is 10.9. The van der Waals surface area contributed by atoms with Crippen LogP contribution in [0.15, 0.2) is 29.4 Å². The van der Waals surface area contributed by atoms with Crippen LogP contribution in [0.3, 0.4) is 0 Å². The minimum absolute atomic E-state index is 0.606. The third kappa shape index (κ3) is 2.27. The standard InChI is InChI=1S/C10H11N3O2/c1-10(7-14,12-13-11)8-4-3-5-9(6-8)15-2/h3-7H,1-2H3. The van der Waals surface area contributed by atoms with E-state index in [2.05, 4.69) is 10.0 Å². The number of hydrogen-bond donors (Lipinski definition) is 0. The van der Waals surface area contributed by atoms with E-state index in [-0.39, 0.29) is 0 Å². The third-order valence-electron chi connectivity index (χ3n) is 2.14. The molecule has 0 aromatic heterocycles. The Bertz CT molecular complexity index is 413. The Morgan fingerprint density at radius 2 is 2.33 bits per heavy atom. The lowest BCUT2D eigenvalue weighted by atomic mass is 9.95. The number of methoxy groups -OCH3 is 1. The molecule has 0 saturated heterocycles. The van der Waals surface area contributed by atoms with E-state index >= 15 is 0 Å². The lowest BCUT2D eigenvalue weighted by Crippen LogP contribution is -2.19. The van der Waals surface area contributed by atoms with E-state index in [4.69, 9.17) is 10.3 Å². The zero-order valence-corrected chi connectivity index (χ0v) is 8.54. The van der Waals surface area contributed by atoms with Gasteiger partial charge in [-0.2, -0.15) is 0 Å². The number of ether oxygens (including phenoxy) is 1. The number of carbonyl (C=O) groups is 1. The Kier molecular flexibility index (Phi) is 3.31. The third-order valence-corrected chi connectivity index (χ3v) is 2.14. The van der Waals surface area contributed by atoms with Crippen LogP contribution in [0.1, 0.15) is 12.5 Å². The summed E-state index contributed by atoms with van der Waals surface area (Å²) in [5.41, 5.74) is 7.82. The van der Waals surface area contributed by atoms with Gasteiger partial charge in [-0.3, -0.25) is 0 Å². The molecule has 1 atom stereocenters. The van der Waals surface area contributed by atoms with Gasteiger partial charge in [-0.15, -0.1) is 0 Å². The summed E-state index contributed by atoms with van der Waals surface area (Å²) >= 11 is 0. The first-order valence-corrected chi connectivity index (χ1v) is 4.33. The zero-order chi connectivity index (χ0) is 11.3. The van der Waals surface area contributed by atoms with Crippen LogP contribution >= 0.6 is 0 Å². The molecule has 1 aromatic rings. The smallest absolute Gasteiger partial charge is 0.136 e. The van der Waals surface area contributed by atoms with Gasteiger partial charge in [0.2, 0.25) is 0 Å². The highest BCUT2D eigenvalue weighted by molar-refractivity contribution is 5.67. The fourth-order valence-corrected chi connectivity index (χ4v) is 1.18. The second-order valence-corrected chi connectivity index (χ2v) is 3.19. The molecule has 0 aliphatic heterocycles. The van der Waals surface area contributed by atoms with Crippen molar-refractivity contribution < 1.29 is 9.53 Å². The van der Waals surface area contributed by atoms with Gasteiger partial charge in [0, 0.05) is 4.91 Å². The molecule has 1 aromatic carbocycles. The SMILES string of the molecule is COc1cccc(C(C)(C=O)N=[N+]=[N-])c1. The number of nitrogens with zero attached hydrogens (tertiary/aromatic N) is 3. The Hall–Kier alpha value is -2.00. The number of rotatable bonds is 4. The Labute approximate surface area is 87.3 Å². The number of hydrogen-bond acceptors (Lipinski definition) is 3. The van der Waals surface area contributed by atoms with Crippen LogP contribution < -0.4 is 4.74 Å². The second kappa shape index (κ2) is 4.48. The van der Waals surface area contributed by atoms with Crippen molar-refractivity contribution in [3.63, 3.8) is 0 Å². The lowest BCUT2D eigenvalue weighted by Gasteiger charge is -2.17. The van der Waals surface area contributed by atoms with Crippen molar-refractivity contribution in [2.75, 3.05) is 7.11 Å². The molecule has 78 valence electrons. The molecule has 0 fully saturated rings. The fourth-order valence-electron chi connectivity index (χ4n) is 1.18. The van der Waals surface area contributed by atoms with Crippen LogP contribution in [-0.4, -0.2) is 13.4 Å². The largest absolute Gasteiger partial charge is 0.497 e. The van der Waals surface area contributed by atoms with E-state index < -0.39 is 5.54 Å². The van der Waals surface area contributed by atoms with Crippen molar-refractivity contribution in [2.45, 2.75) is 12.5 Å². The molecular weight excluding hydrogens is 194 g/mol. The predicted octanol–water partition coefficient (Wildman–Crippen LogP) is 2.42. The summed E-state index contributed by atoms with van der Waals surface area (Å²) in [5.74, 6) is 0.619. The van der Waals surface area contributed by atoms with E-state index in [9.17, 15) is 4.79 Å². The van der Waals surface area contributed by atoms with Crippen molar-refractivity contribution >= 4 is 6.29 Å². The molecule has 0 amide bonds. The van der Waals surface area contributed by atoms with Gasteiger partial charge in [0.05, 0.1) is 7.11 Å². The van der Waals surface area contributed by atoms with Crippen LogP contribution in [-0.2, 0) is 10.3 Å². The molecule has 15 heavy (non-hydrogen) atoms. The van der Waals surface area contributed by atoms with E-state index in [1.807, 2.05) is 0 Å². The molecule has 0 N–H and O–H groups in total. The zero-order valence-electron chi connectivity index (χ0n) is 8.54. The summed E-state index contributed by atoms with van der Waals surface area (Å²) in [4.78, 5) is 13.6. The molecule has 5 heteroatoms. The van der Waals surface area contributed by atoms with Crippen molar-refractivity contribution in [1.82, 2.24) is 0 Å². The average Bonchev–Trinajstić information content (AvgIpc) is 2.29. The molecule has 0 bridgehead atoms. The summed E-state index contributed by atoms with van der Waals surface area (Å²) in [6.07, 6.45) is 0.613. The summed E-state index contributed by atoms with van der Waals surface area (Å²) < 4.78 is 5.02. The monoisotopic (exact) mass is 205 g/mol. The highest BCUT2D eigenvalue weighted by atomic mass is 16.5. The Morgan fingerprint density at radius 1 is 1.60 bits per heavy atom. The summed E-state index contributed by atoms with van der Waals surface area (Å²) in [7, 11) is 1.53. The maximum atomic E-state index is 10.9. The van der Waals surface area contributed by atoms with E-state index in [1.165, 1.54) is 7.11 Å². The van der Waals surface area contributed by atoms with Crippen LogP contribution in [0.5, 0.6) is 5.75 Å². The Balaban J connectivity index is 3.23. The van der Waals surface area contributed by atoms with Crippen molar-refractivity contribution in [3.8, 4) is 5.75 Å². The highest BCUT2D eigenvalue weighted by Crippen LogP contribution is 2.26. The van der Waals surface area contributed by atoms with Gasteiger partial charge in [0.25, 0.3) is 0 Å². The first-order chi connectivity index (χ1) is 7.16. The minimum Gasteiger partial charge on any atom is -0.497 e. The van der Waals surface area contributed by atoms with Crippen LogP contribution in [0.25, 0.3) is 10.4 Å². The quantitative estimate of drug-likeness (QED) is 0.327. The molecule has 0 aliphatic carbocycles. The molecule has 0 aliphatic rings. The van der Waals surface area contributed by atoms with E-state index in [0.717, 1.165) is 0 Å². The minimum atomic E-state index is -1.18. The number of carbonyl (C=O) groups excluding carboxylic acids is 1. The first kappa shape index (κ1) is 11.1. The van der Waals surface area contributed by atoms with Gasteiger partial charge in [-0.25, -0.2) is 0 Å². The molecule has 0 heterocycles. The number of azide groups is 1. The Morgan fingerprint density at radius 3 is 2.87 bits per heavy atom. The summed E-state index contributed by atoms with van der Waals surface area (Å²) in [6, 6.07) is 6.88. The van der Waals surface area contributed by atoms with Gasteiger partial charge in [-0.1, -0.05) is 17.2 Å². The van der Waals surface area contributed by atoms with Crippen LogP contribution in [0.4, 0.5) is 0 Å². The molecule has 5 nitrogen and oxygen atoms in total. The van der Waals surface area contributed by atoms with Crippen LogP contribution in [0, 0.1) is 0 Å². The van der Waals surface area contributed by atoms with Crippen LogP contribution in [0.2, 0.25) is 0 Å². The molecule has 0 spiro atoms. The van der Waals surface area contributed by atoms with E-state index in [1.54, 1.807) is 31.2 Å². The van der Waals surface area contributed by atoms with Crippen molar-refractivity contribution in [3.05, 3.63) is 40.3 Å². The lowest BCUT2D eigenvalue weighted by molar-refractivity contribution is -0.111. The van der Waals surface area contributed by atoms with Gasteiger partial charge in [0.1, 0.15) is 17.6 Å². The topological polar surface area (TPSA) is 75.1 Å². The molecular formula is C10H11N3O2. The van der Waals surface area contributed by atoms with Crippen molar-refractivity contribution in [2.24, 2.45) is 5.11 Å².